The van der Waals surface area contributed by atoms with E-state index in [-0.39, 0.29) is 5.91 Å². The molecule has 1 amide bonds. The molecular formula is C21H34N4O2. The van der Waals surface area contributed by atoms with Crippen LogP contribution in [0.25, 0.3) is 0 Å². The Balaban J connectivity index is 2.00. The van der Waals surface area contributed by atoms with Gasteiger partial charge in [-0.1, -0.05) is 6.07 Å². The van der Waals surface area contributed by atoms with Gasteiger partial charge in [-0.3, -0.25) is 4.79 Å². The molecule has 150 valence electrons. The highest BCUT2D eigenvalue weighted by Gasteiger charge is 2.16. The van der Waals surface area contributed by atoms with E-state index in [0.717, 1.165) is 38.0 Å². The van der Waals surface area contributed by atoms with Crippen molar-refractivity contribution in [3.63, 3.8) is 0 Å². The molecular weight excluding hydrogens is 340 g/mol. The molecule has 2 rings (SSSR count). The minimum atomic E-state index is 0.151. The number of benzene rings is 1. The van der Waals surface area contributed by atoms with Crippen LogP contribution in [0.5, 0.6) is 5.75 Å². The standard InChI is InChI=1S/C21H34N4O2/c1-4-22-21(23-14-13-20(27)25(5-2)6-3)24-15-18-17-10-8-7-9-16(17)11-12-19(18)26/h11-12,26H,4-10,13-15H2,1-3H3,(H2,22,23,24). The van der Waals surface area contributed by atoms with Crippen LogP contribution in [-0.4, -0.2) is 48.1 Å². The number of aliphatic imine (C=N–C) groups is 1. The van der Waals surface area contributed by atoms with Crippen LogP contribution in [0.1, 0.15) is 56.7 Å². The van der Waals surface area contributed by atoms with E-state index in [0.29, 0.717) is 31.2 Å². The van der Waals surface area contributed by atoms with Crippen LogP contribution in [0.15, 0.2) is 17.1 Å². The number of rotatable bonds is 8. The predicted molar refractivity (Wildman–Crippen MR) is 110 cm³/mol. The van der Waals surface area contributed by atoms with Gasteiger partial charge in [0.25, 0.3) is 0 Å². The molecule has 0 atom stereocenters. The summed E-state index contributed by atoms with van der Waals surface area (Å²) in [6, 6.07) is 3.83. The molecule has 0 unspecified atom stereocenters. The summed E-state index contributed by atoms with van der Waals surface area (Å²) < 4.78 is 0. The highest BCUT2D eigenvalue weighted by Crippen LogP contribution is 2.30. The van der Waals surface area contributed by atoms with Crippen molar-refractivity contribution in [2.24, 2.45) is 4.99 Å². The van der Waals surface area contributed by atoms with Crippen LogP contribution >= 0.6 is 0 Å². The molecule has 0 fully saturated rings. The number of nitrogens with zero attached hydrogens (tertiary/aromatic N) is 2. The van der Waals surface area contributed by atoms with Gasteiger partial charge in [-0.25, -0.2) is 4.99 Å². The number of phenolic OH excluding ortho intramolecular Hbond substituents is 1. The van der Waals surface area contributed by atoms with Crippen LogP contribution in [0, 0.1) is 0 Å². The Morgan fingerprint density at radius 3 is 2.59 bits per heavy atom. The van der Waals surface area contributed by atoms with Gasteiger partial charge in [0.2, 0.25) is 5.91 Å². The van der Waals surface area contributed by atoms with Crippen molar-refractivity contribution in [2.75, 3.05) is 26.2 Å². The molecule has 0 aromatic heterocycles. The zero-order chi connectivity index (χ0) is 19.6. The lowest BCUT2D eigenvalue weighted by Crippen LogP contribution is -2.40. The minimum absolute atomic E-state index is 0.151. The molecule has 1 aliphatic carbocycles. The molecule has 6 nitrogen and oxygen atoms in total. The molecule has 3 N–H and O–H groups in total. The van der Waals surface area contributed by atoms with Crippen LogP contribution in [0.2, 0.25) is 0 Å². The maximum Gasteiger partial charge on any atom is 0.224 e. The lowest BCUT2D eigenvalue weighted by molar-refractivity contribution is -0.130. The van der Waals surface area contributed by atoms with Gasteiger partial charge in [-0.15, -0.1) is 0 Å². The second kappa shape index (κ2) is 10.8. The highest BCUT2D eigenvalue weighted by atomic mass is 16.3. The van der Waals surface area contributed by atoms with Gasteiger partial charge in [-0.05, 0) is 63.6 Å². The van der Waals surface area contributed by atoms with Crippen LogP contribution in [0.4, 0.5) is 0 Å². The molecule has 0 bridgehead atoms. The molecule has 1 aromatic rings. The average molecular weight is 375 g/mol. The summed E-state index contributed by atoms with van der Waals surface area (Å²) in [4.78, 5) is 18.6. The minimum Gasteiger partial charge on any atom is -0.508 e. The van der Waals surface area contributed by atoms with Crippen molar-refractivity contribution in [1.29, 1.82) is 0 Å². The summed E-state index contributed by atoms with van der Waals surface area (Å²) >= 11 is 0. The van der Waals surface area contributed by atoms with Crippen molar-refractivity contribution in [3.8, 4) is 5.75 Å². The van der Waals surface area contributed by atoms with E-state index in [4.69, 9.17) is 0 Å². The van der Waals surface area contributed by atoms with Crippen molar-refractivity contribution in [2.45, 2.75) is 59.4 Å². The fourth-order valence-electron chi connectivity index (χ4n) is 3.59. The van der Waals surface area contributed by atoms with Gasteiger partial charge in [-0.2, -0.15) is 0 Å². The lowest BCUT2D eigenvalue weighted by atomic mass is 9.88. The first kappa shape index (κ1) is 21.1. The summed E-state index contributed by atoms with van der Waals surface area (Å²) in [5, 5.41) is 16.8. The molecule has 0 saturated carbocycles. The van der Waals surface area contributed by atoms with Gasteiger partial charge in [0.15, 0.2) is 5.96 Å². The average Bonchev–Trinajstić information content (AvgIpc) is 2.68. The van der Waals surface area contributed by atoms with E-state index < -0.39 is 0 Å². The lowest BCUT2D eigenvalue weighted by Gasteiger charge is -2.20. The first-order valence-corrected chi connectivity index (χ1v) is 10.2. The largest absolute Gasteiger partial charge is 0.508 e. The van der Waals surface area contributed by atoms with E-state index in [1.807, 2.05) is 31.7 Å². The van der Waals surface area contributed by atoms with E-state index in [1.165, 1.54) is 24.0 Å². The predicted octanol–water partition coefficient (Wildman–Crippen LogP) is 2.58. The first-order valence-electron chi connectivity index (χ1n) is 10.2. The monoisotopic (exact) mass is 374 g/mol. The van der Waals surface area contributed by atoms with Gasteiger partial charge in [0.05, 0.1) is 6.54 Å². The number of hydrogen-bond acceptors (Lipinski definition) is 3. The Morgan fingerprint density at radius 2 is 1.89 bits per heavy atom. The first-order chi connectivity index (χ1) is 13.1. The van der Waals surface area contributed by atoms with E-state index >= 15 is 0 Å². The summed E-state index contributed by atoms with van der Waals surface area (Å²) in [7, 11) is 0. The summed E-state index contributed by atoms with van der Waals surface area (Å²) in [5.41, 5.74) is 3.54. The quantitative estimate of drug-likeness (QED) is 0.483. The Hall–Kier alpha value is -2.24. The van der Waals surface area contributed by atoms with Gasteiger partial charge >= 0.3 is 0 Å². The molecule has 0 saturated heterocycles. The topological polar surface area (TPSA) is 77.0 Å². The normalized spacial score (nSPS) is 13.8. The smallest absolute Gasteiger partial charge is 0.224 e. The van der Waals surface area contributed by atoms with Gasteiger partial charge in [0, 0.05) is 38.2 Å². The third kappa shape index (κ3) is 5.88. The zero-order valence-electron chi connectivity index (χ0n) is 17.0. The van der Waals surface area contributed by atoms with Crippen molar-refractivity contribution < 1.29 is 9.90 Å². The number of carbonyl (C=O) groups excluding carboxylic acids is 1. The number of aromatic hydroxyl groups is 1. The van der Waals surface area contributed by atoms with E-state index in [1.54, 1.807) is 6.07 Å². The second-order valence-electron chi connectivity index (χ2n) is 6.85. The fourth-order valence-corrected chi connectivity index (χ4v) is 3.59. The summed E-state index contributed by atoms with van der Waals surface area (Å²) in [6.07, 6.45) is 4.91. The Bertz CT molecular complexity index is 654. The Kier molecular flexibility index (Phi) is 8.43. The van der Waals surface area contributed by atoms with Crippen molar-refractivity contribution in [1.82, 2.24) is 15.5 Å². The van der Waals surface area contributed by atoms with Crippen molar-refractivity contribution in [3.05, 3.63) is 28.8 Å². The van der Waals surface area contributed by atoms with Crippen molar-refractivity contribution >= 4 is 11.9 Å². The summed E-state index contributed by atoms with van der Waals surface area (Å²) in [6.45, 7) is 9.20. The third-order valence-electron chi connectivity index (χ3n) is 5.11. The van der Waals surface area contributed by atoms with Crippen LogP contribution in [-0.2, 0) is 24.2 Å². The highest BCUT2D eigenvalue weighted by molar-refractivity contribution is 5.81. The molecule has 0 radical (unpaired) electrons. The zero-order valence-corrected chi connectivity index (χ0v) is 17.0. The second-order valence-corrected chi connectivity index (χ2v) is 6.85. The number of nitrogens with one attached hydrogen (secondary N) is 2. The van der Waals surface area contributed by atoms with Crippen LogP contribution < -0.4 is 10.6 Å². The molecule has 0 spiro atoms. The Labute approximate surface area is 163 Å². The number of fused-ring (bicyclic) bond motifs is 1. The number of hydrogen-bond donors (Lipinski definition) is 3. The van der Waals surface area contributed by atoms with Gasteiger partial charge < -0.3 is 20.6 Å². The molecule has 6 heteroatoms. The maximum atomic E-state index is 12.1. The molecule has 0 heterocycles. The summed E-state index contributed by atoms with van der Waals surface area (Å²) in [5.74, 6) is 1.16. The Morgan fingerprint density at radius 1 is 1.15 bits per heavy atom. The number of guanidine groups is 1. The van der Waals surface area contributed by atoms with Crippen LogP contribution in [0.3, 0.4) is 0 Å². The number of carbonyl (C=O) groups is 1. The van der Waals surface area contributed by atoms with E-state index in [2.05, 4.69) is 15.6 Å². The fraction of sp³-hybridized carbons (Fsp3) is 0.619. The molecule has 1 aliphatic rings. The van der Waals surface area contributed by atoms with Gasteiger partial charge in [0.1, 0.15) is 5.75 Å². The SMILES string of the molecule is CCNC(=NCc1c(O)ccc2c1CCCC2)NCCC(=O)N(CC)CC. The maximum absolute atomic E-state index is 12.1. The van der Waals surface area contributed by atoms with E-state index in [9.17, 15) is 9.90 Å². The molecule has 1 aromatic carbocycles. The number of amides is 1. The number of aryl methyl sites for hydroxylation is 1. The number of phenols is 1. The molecule has 0 aliphatic heterocycles. The third-order valence-corrected chi connectivity index (χ3v) is 5.11. The molecule has 27 heavy (non-hydrogen) atoms.